The Kier molecular flexibility index (Phi) is 4.62. The number of ether oxygens (including phenoxy) is 1. The van der Waals surface area contributed by atoms with Crippen LogP contribution in [0.25, 0.3) is 5.76 Å². The van der Waals surface area contributed by atoms with E-state index in [0.717, 1.165) is 12.1 Å². The van der Waals surface area contributed by atoms with Crippen LogP contribution in [0.3, 0.4) is 0 Å². The molecule has 6 nitrogen and oxygen atoms in total. The molecule has 138 valence electrons. The van der Waals surface area contributed by atoms with Crippen LogP contribution in [0.5, 0.6) is 0 Å². The number of amides is 1. The number of benzene rings is 1. The van der Waals surface area contributed by atoms with Gasteiger partial charge in [-0.15, -0.1) is 0 Å². The van der Waals surface area contributed by atoms with Crippen molar-refractivity contribution in [2.45, 2.75) is 25.2 Å². The van der Waals surface area contributed by atoms with Crippen LogP contribution in [0.4, 0.5) is 8.78 Å². The Hall–Kier alpha value is -2.61. The van der Waals surface area contributed by atoms with Crippen LogP contribution in [0.15, 0.2) is 17.7 Å². The molecule has 2 N–H and O–H groups in total. The fourth-order valence-corrected chi connectivity index (χ4v) is 3.46. The van der Waals surface area contributed by atoms with E-state index in [0.29, 0.717) is 0 Å². The highest BCUT2D eigenvalue weighted by atomic mass is 19.2. The molecule has 3 rings (SSSR count). The fourth-order valence-electron chi connectivity index (χ4n) is 3.46. The number of nitrogens with one attached hydrogen (secondary N) is 1. The van der Waals surface area contributed by atoms with Crippen LogP contribution in [0.1, 0.15) is 30.9 Å². The van der Waals surface area contributed by atoms with Crippen LogP contribution >= 0.6 is 0 Å². The van der Waals surface area contributed by atoms with Crippen LogP contribution < -0.4 is 5.32 Å². The number of rotatable bonds is 3. The Morgan fingerprint density at radius 3 is 2.46 bits per heavy atom. The van der Waals surface area contributed by atoms with Crippen molar-refractivity contribution in [2.24, 2.45) is 0 Å². The van der Waals surface area contributed by atoms with Gasteiger partial charge in [-0.05, 0) is 37.5 Å². The van der Waals surface area contributed by atoms with Gasteiger partial charge in [0.1, 0.15) is 17.1 Å². The molecule has 0 atom stereocenters. The second-order valence-electron chi connectivity index (χ2n) is 6.44. The number of carbonyl (C=O) groups is 3. The smallest absolute Gasteiger partial charge is 0.259 e. The van der Waals surface area contributed by atoms with E-state index >= 15 is 0 Å². The molecule has 1 aliphatic carbocycles. The van der Waals surface area contributed by atoms with Crippen molar-refractivity contribution < 1.29 is 33.0 Å². The second kappa shape index (κ2) is 6.60. The molecule has 8 heteroatoms. The molecule has 1 aliphatic heterocycles. The molecule has 1 amide bonds. The molecule has 1 aromatic rings. The van der Waals surface area contributed by atoms with Gasteiger partial charge >= 0.3 is 0 Å². The first-order valence-corrected chi connectivity index (χ1v) is 8.11. The number of carbonyl (C=O) groups excluding carboxylic acids is 3. The lowest BCUT2D eigenvalue weighted by molar-refractivity contribution is -0.129. The molecule has 1 heterocycles. The van der Waals surface area contributed by atoms with Gasteiger partial charge in [0.2, 0.25) is 0 Å². The summed E-state index contributed by atoms with van der Waals surface area (Å²) in [5, 5.41) is 12.7. The third kappa shape index (κ3) is 2.80. The highest BCUT2D eigenvalue weighted by Gasteiger charge is 2.50. The summed E-state index contributed by atoms with van der Waals surface area (Å²) in [4.78, 5) is 36.6. The molecule has 0 bridgehead atoms. The van der Waals surface area contributed by atoms with Crippen molar-refractivity contribution in [1.29, 1.82) is 0 Å². The Morgan fingerprint density at radius 1 is 1.23 bits per heavy atom. The Balaban J connectivity index is 2.18. The number of aliphatic hydroxyl groups excluding tert-OH is 1. The predicted octanol–water partition coefficient (Wildman–Crippen LogP) is 1.57. The first kappa shape index (κ1) is 18.2. The minimum absolute atomic E-state index is 0.0987. The third-order valence-electron chi connectivity index (χ3n) is 4.80. The van der Waals surface area contributed by atoms with Crippen molar-refractivity contribution in [3.05, 3.63) is 40.5 Å². The zero-order valence-corrected chi connectivity index (χ0v) is 14.0. The van der Waals surface area contributed by atoms with Crippen LogP contribution in [-0.2, 0) is 24.5 Å². The van der Waals surface area contributed by atoms with Gasteiger partial charge in [0.15, 0.2) is 17.4 Å². The maximum atomic E-state index is 13.8. The quantitative estimate of drug-likeness (QED) is 0.794. The number of Topliss-reactive ketones (excluding diaryl/α,β-unsaturated/α-hetero) is 2. The lowest BCUT2D eigenvalue weighted by Crippen LogP contribution is -2.48. The minimum Gasteiger partial charge on any atom is -0.506 e. The second-order valence-corrected chi connectivity index (χ2v) is 6.44. The van der Waals surface area contributed by atoms with E-state index in [1.54, 1.807) is 0 Å². The van der Waals surface area contributed by atoms with Crippen molar-refractivity contribution in [2.75, 3.05) is 19.8 Å². The average molecular weight is 365 g/mol. The summed E-state index contributed by atoms with van der Waals surface area (Å²) >= 11 is 0. The number of hydrogen-bond acceptors (Lipinski definition) is 5. The Morgan fingerprint density at radius 2 is 1.85 bits per heavy atom. The third-order valence-corrected chi connectivity index (χ3v) is 4.80. The van der Waals surface area contributed by atoms with Crippen LogP contribution in [0.2, 0.25) is 0 Å². The van der Waals surface area contributed by atoms with Gasteiger partial charge in [0.05, 0.1) is 12.0 Å². The summed E-state index contributed by atoms with van der Waals surface area (Å²) in [6, 6.07) is 1.68. The fraction of sp³-hybridized carbons (Fsp3) is 0.389. The van der Waals surface area contributed by atoms with Crippen molar-refractivity contribution >= 4 is 23.2 Å². The van der Waals surface area contributed by atoms with Crippen molar-refractivity contribution in [1.82, 2.24) is 5.32 Å². The van der Waals surface area contributed by atoms with Gasteiger partial charge in [-0.3, -0.25) is 14.4 Å². The first-order valence-electron chi connectivity index (χ1n) is 8.11. The predicted molar refractivity (Wildman–Crippen MR) is 86.3 cm³/mol. The van der Waals surface area contributed by atoms with E-state index in [-0.39, 0.29) is 49.5 Å². The normalized spacial score (nSPS) is 18.7. The molecule has 2 aliphatic rings. The number of ketones is 2. The summed E-state index contributed by atoms with van der Waals surface area (Å²) in [5.74, 6) is -5.00. The standard InChI is InChI=1S/C18H17F2NO5/c1-9(22)8-21-17(25)14-15(23)10-6-12(19)13(20)7-11(10)18(16(14)24)2-4-26-5-3-18/h6-7,23H,2-5,8H2,1H3,(H,21,25). The van der Waals surface area contributed by atoms with Crippen molar-refractivity contribution in [3.63, 3.8) is 0 Å². The lowest BCUT2D eigenvalue weighted by atomic mass is 9.64. The largest absolute Gasteiger partial charge is 0.506 e. The zero-order chi connectivity index (χ0) is 19.1. The van der Waals surface area contributed by atoms with E-state index in [9.17, 15) is 28.3 Å². The van der Waals surface area contributed by atoms with Gasteiger partial charge in [-0.2, -0.15) is 0 Å². The van der Waals surface area contributed by atoms with Gasteiger partial charge in [0.25, 0.3) is 5.91 Å². The average Bonchev–Trinajstić information content (AvgIpc) is 2.61. The maximum Gasteiger partial charge on any atom is 0.259 e. The highest BCUT2D eigenvalue weighted by molar-refractivity contribution is 6.28. The van der Waals surface area contributed by atoms with Gasteiger partial charge in [0, 0.05) is 18.8 Å². The molecule has 0 radical (unpaired) electrons. The summed E-state index contributed by atoms with van der Waals surface area (Å²) in [6.07, 6.45) is 0.335. The first-order chi connectivity index (χ1) is 12.3. The van der Waals surface area contributed by atoms with Gasteiger partial charge in [-0.25, -0.2) is 8.78 Å². The van der Waals surface area contributed by atoms with Crippen LogP contribution in [-0.4, -0.2) is 42.3 Å². The molecule has 1 aromatic carbocycles. The summed E-state index contributed by atoms with van der Waals surface area (Å²) < 4.78 is 32.9. The number of fused-ring (bicyclic) bond motifs is 2. The van der Waals surface area contributed by atoms with E-state index in [1.165, 1.54) is 6.92 Å². The van der Waals surface area contributed by atoms with E-state index < -0.39 is 40.1 Å². The Labute approximate surface area is 147 Å². The molecular weight excluding hydrogens is 348 g/mol. The van der Waals surface area contributed by atoms with E-state index in [4.69, 9.17) is 4.74 Å². The SMILES string of the molecule is CC(=O)CNC(=O)C1=C(O)c2cc(F)c(F)cc2C2(CCOCC2)C1=O. The van der Waals surface area contributed by atoms with E-state index in [1.807, 2.05) is 0 Å². The highest BCUT2D eigenvalue weighted by Crippen LogP contribution is 2.46. The number of halogens is 2. The lowest BCUT2D eigenvalue weighted by Gasteiger charge is -2.40. The molecule has 26 heavy (non-hydrogen) atoms. The summed E-state index contributed by atoms with van der Waals surface area (Å²) in [5.41, 5.74) is -1.78. The molecule has 0 saturated carbocycles. The minimum atomic E-state index is -1.28. The monoisotopic (exact) mass is 365 g/mol. The molecular formula is C18H17F2NO5. The van der Waals surface area contributed by atoms with Crippen molar-refractivity contribution in [3.8, 4) is 0 Å². The topological polar surface area (TPSA) is 92.7 Å². The number of aliphatic hydroxyl groups is 1. The van der Waals surface area contributed by atoms with Gasteiger partial charge < -0.3 is 15.2 Å². The maximum absolute atomic E-state index is 13.8. The molecule has 1 fully saturated rings. The van der Waals surface area contributed by atoms with E-state index in [2.05, 4.69) is 5.32 Å². The van der Waals surface area contributed by atoms with Crippen LogP contribution in [0, 0.1) is 11.6 Å². The Bertz CT molecular complexity index is 840. The molecule has 1 saturated heterocycles. The summed E-state index contributed by atoms with van der Waals surface area (Å²) in [6.45, 7) is 1.34. The molecule has 0 unspecified atom stereocenters. The van der Waals surface area contributed by atoms with Gasteiger partial charge in [-0.1, -0.05) is 0 Å². The molecule has 1 spiro atoms. The zero-order valence-electron chi connectivity index (χ0n) is 14.0. The molecule has 0 aromatic heterocycles. The summed E-state index contributed by atoms with van der Waals surface area (Å²) in [7, 11) is 0. The number of hydrogen-bond donors (Lipinski definition) is 2.